The van der Waals surface area contributed by atoms with Crippen molar-refractivity contribution in [3.05, 3.63) is 76.4 Å². The van der Waals surface area contributed by atoms with E-state index >= 15 is 0 Å². The van der Waals surface area contributed by atoms with Gasteiger partial charge in [-0.05, 0) is 31.8 Å². The van der Waals surface area contributed by atoms with E-state index in [1.165, 1.54) is 23.5 Å². The van der Waals surface area contributed by atoms with Crippen LogP contribution >= 0.6 is 11.3 Å². The summed E-state index contributed by atoms with van der Waals surface area (Å²) in [5.41, 5.74) is 2.54. The zero-order chi connectivity index (χ0) is 19.2. The number of benzene rings is 2. The summed E-state index contributed by atoms with van der Waals surface area (Å²) in [6.45, 7) is 1.62. The molecular formula is C21H22FN3OS. The van der Waals surface area contributed by atoms with E-state index in [4.69, 9.17) is 0 Å². The van der Waals surface area contributed by atoms with Crippen LogP contribution in [-0.4, -0.2) is 47.9 Å². The van der Waals surface area contributed by atoms with Gasteiger partial charge in [0.2, 0.25) is 0 Å². The summed E-state index contributed by atoms with van der Waals surface area (Å²) >= 11 is 1.34. The van der Waals surface area contributed by atoms with Crippen LogP contribution in [0.25, 0.3) is 11.3 Å². The van der Waals surface area contributed by atoms with Gasteiger partial charge >= 0.3 is 0 Å². The fourth-order valence-corrected chi connectivity index (χ4v) is 3.47. The monoisotopic (exact) mass is 383 g/mol. The molecule has 3 aromatic rings. The van der Waals surface area contributed by atoms with E-state index in [-0.39, 0.29) is 11.7 Å². The number of halogens is 1. The van der Waals surface area contributed by atoms with Crippen LogP contribution in [0, 0.1) is 5.82 Å². The van der Waals surface area contributed by atoms with Crippen LogP contribution < -0.4 is 0 Å². The lowest BCUT2D eigenvalue weighted by molar-refractivity contribution is 0.0731. The molecule has 0 saturated heterocycles. The lowest BCUT2D eigenvalue weighted by Crippen LogP contribution is -2.36. The molecule has 0 aliphatic carbocycles. The number of aromatic nitrogens is 1. The Morgan fingerprint density at radius 1 is 1.07 bits per heavy atom. The summed E-state index contributed by atoms with van der Waals surface area (Å²) < 4.78 is 13.5. The highest BCUT2D eigenvalue weighted by molar-refractivity contribution is 7.12. The maximum Gasteiger partial charge on any atom is 0.283 e. The first-order valence-electron chi connectivity index (χ1n) is 8.72. The van der Waals surface area contributed by atoms with E-state index in [0.717, 1.165) is 23.4 Å². The average molecular weight is 383 g/mol. The van der Waals surface area contributed by atoms with Crippen LogP contribution in [0.4, 0.5) is 4.39 Å². The maximum atomic E-state index is 13.5. The van der Waals surface area contributed by atoms with Gasteiger partial charge in [0.05, 0.1) is 5.69 Å². The Morgan fingerprint density at radius 2 is 1.85 bits per heavy atom. The van der Waals surface area contributed by atoms with E-state index in [0.29, 0.717) is 18.1 Å². The Morgan fingerprint density at radius 3 is 2.56 bits per heavy atom. The van der Waals surface area contributed by atoms with Crippen molar-refractivity contribution < 1.29 is 9.18 Å². The molecule has 0 bridgehead atoms. The molecule has 0 unspecified atom stereocenters. The largest absolute Gasteiger partial charge is 0.331 e. The highest BCUT2D eigenvalue weighted by atomic mass is 32.1. The van der Waals surface area contributed by atoms with Gasteiger partial charge in [-0.3, -0.25) is 4.79 Å². The summed E-state index contributed by atoms with van der Waals surface area (Å²) in [6, 6.07) is 16.2. The van der Waals surface area contributed by atoms with Gasteiger partial charge in [-0.1, -0.05) is 42.5 Å². The molecule has 0 aliphatic rings. The predicted molar refractivity (Wildman–Crippen MR) is 107 cm³/mol. The number of likely N-dealkylation sites (N-methyl/N-ethyl adjacent to an activating group) is 1. The maximum absolute atomic E-state index is 13.5. The van der Waals surface area contributed by atoms with Crippen molar-refractivity contribution in [3.8, 4) is 11.3 Å². The zero-order valence-electron chi connectivity index (χ0n) is 15.4. The molecule has 6 heteroatoms. The van der Waals surface area contributed by atoms with E-state index < -0.39 is 0 Å². The Kier molecular flexibility index (Phi) is 6.32. The number of carbonyl (C=O) groups is 1. The Bertz CT molecular complexity index is 895. The number of rotatable bonds is 7. The zero-order valence-corrected chi connectivity index (χ0v) is 16.2. The lowest BCUT2D eigenvalue weighted by atomic mass is 10.2. The molecule has 1 heterocycles. The molecule has 0 radical (unpaired) electrons. The number of amides is 1. The van der Waals surface area contributed by atoms with Gasteiger partial charge in [0.15, 0.2) is 5.01 Å². The van der Waals surface area contributed by atoms with Crippen molar-refractivity contribution >= 4 is 17.2 Å². The molecule has 0 atom stereocenters. The van der Waals surface area contributed by atoms with Gasteiger partial charge in [0.25, 0.3) is 5.91 Å². The normalized spacial score (nSPS) is 11.0. The first-order valence-corrected chi connectivity index (χ1v) is 9.60. The Balaban J connectivity index is 1.80. The van der Waals surface area contributed by atoms with Crippen molar-refractivity contribution in [2.75, 3.05) is 27.2 Å². The minimum absolute atomic E-state index is 0.131. The van der Waals surface area contributed by atoms with Crippen LogP contribution in [0.2, 0.25) is 0 Å². The summed E-state index contributed by atoms with van der Waals surface area (Å²) in [5.74, 6) is -0.429. The van der Waals surface area contributed by atoms with Crippen LogP contribution in [0.1, 0.15) is 15.4 Å². The summed E-state index contributed by atoms with van der Waals surface area (Å²) in [4.78, 5) is 21.3. The molecule has 0 spiro atoms. The lowest BCUT2D eigenvalue weighted by Gasteiger charge is -2.23. The summed E-state index contributed by atoms with van der Waals surface area (Å²) in [6.07, 6.45) is 0. The number of hydrogen-bond acceptors (Lipinski definition) is 4. The van der Waals surface area contributed by atoms with E-state index in [1.54, 1.807) is 11.0 Å². The first kappa shape index (κ1) is 19.2. The molecule has 3 rings (SSSR count). The first-order chi connectivity index (χ1) is 13.0. The molecule has 2 aromatic carbocycles. The average Bonchev–Trinajstić information content (AvgIpc) is 3.15. The van der Waals surface area contributed by atoms with Crippen LogP contribution in [0.15, 0.2) is 60.0 Å². The van der Waals surface area contributed by atoms with Crippen LogP contribution in [-0.2, 0) is 6.54 Å². The highest BCUT2D eigenvalue weighted by Crippen LogP contribution is 2.23. The van der Waals surface area contributed by atoms with Crippen LogP contribution in [0.3, 0.4) is 0 Å². The fraction of sp³-hybridized carbons (Fsp3) is 0.238. The third-order valence-corrected chi connectivity index (χ3v) is 4.95. The van der Waals surface area contributed by atoms with Gasteiger partial charge in [-0.25, -0.2) is 9.37 Å². The Hall–Kier alpha value is -2.57. The highest BCUT2D eigenvalue weighted by Gasteiger charge is 2.20. The van der Waals surface area contributed by atoms with Gasteiger partial charge in [-0.15, -0.1) is 11.3 Å². The Labute approximate surface area is 162 Å². The van der Waals surface area contributed by atoms with E-state index in [9.17, 15) is 9.18 Å². The standard InChI is InChI=1S/C21H22FN3OS/c1-24(2)11-12-25(14-16-7-6-10-18(22)13-16)21(26)20-23-19(15-27-20)17-8-4-3-5-9-17/h3-10,13,15H,11-12,14H2,1-2H3. The van der Waals surface area contributed by atoms with Crippen molar-refractivity contribution in [3.63, 3.8) is 0 Å². The number of thiazole rings is 1. The minimum atomic E-state index is -0.298. The van der Waals surface area contributed by atoms with Crippen molar-refractivity contribution in [1.29, 1.82) is 0 Å². The third-order valence-electron chi connectivity index (χ3n) is 4.12. The van der Waals surface area contributed by atoms with Crippen molar-refractivity contribution in [2.24, 2.45) is 0 Å². The molecule has 1 aromatic heterocycles. The quantitative estimate of drug-likeness (QED) is 0.615. The third kappa shape index (κ3) is 5.21. The molecular weight excluding hydrogens is 361 g/mol. The minimum Gasteiger partial charge on any atom is -0.331 e. The van der Waals surface area contributed by atoms with Gasteiger partial charge in [0.1, 0.15) is 5.82 Å². The summed E-state index contributed by atoms with van der Waals surface area (Å²) in [5, 5.41) is 2.35. The second-order valence-corrected chi connectivity index (χ2v) is 7.42. The predicted octanol–water partition coefficient (Wildman–Crippen LogP) is 4.15. The molecule has 0 N–H and O–H groups in total. The van der Waals surface area contributed by atoms with Crippen molar-refractivity contribution in [2.45, 2.75) is 6.54 Å². The molecule has 0 aliphatic heterocycles. The van der Waals surface area contributed by atoms with E-state index in [2.05, 4.69) is 4.98 Å². The summed E-state index contributed by atoms with van der Waals surface area (Å²) in [7, 11) is 3.92. The molecule has 0 fully saturated rings. The molecule has 4 nitrogen and oxygen atoms in total. The second-order valence-electron chi connectivity index (χ2n) is 6.56. The fourth-order valence-electron chi connectivity index (χ4n) is 2.68. The number of hydrogen-bond donors (Lipinski definition) is 0. The van der Waals surface area contributed by atoms with Gasteiger partial charge in [-0.2, -0.15) is 0 Å². The molecule has 1 amide bonds. The second kappa shape index (κ2) is 8.88. The van der Waals surface area contributed by atoms with Gasteiger partial charge < -0.3 is 9.80 Å². The number of carbonyl (C=O) groups excluding carboxylic acids is 1. The van der Waals surface area contributed by atoms with E-state index in [1.807, 2.05) is 60.8 Å². The smallest absolute Gasteiger partial charge is 0.283 e. The number of nitrogens with zero attached hydrogens (tertiary/aromatic N) is 3. The van der Waals surface area contributed by atoms with Crippen LogP contribution in [0.5, 0.6) is 0 Å². The van der Waals surface area contributed by atoms with Gasteiger partial charge in [0, 0.05) is 30.6 Å². The topological polar surface area (TPSA) is 36.4 Å². The molecule has 140 valence electrons. The SMILES string of the molecule is CN(C)CCN(Cc1cccc(F)c1)C(=O)c1nc(-c2ccccc2)cs1. The molecule has 0 saturated carbocycles. The van der Waals surface area contributed by atoms with Crippen molar-refractivity contribution in [1.82, 2.24) is 14.8 Å². The molecule has 27 heavy (non-hydrogen) atoms.